The van der Waals surface area contributed by atoms with Gasteiger partial charge in [0, 0.05) is 32.7 Å². The topological polar surface area (TPSA) is 39.7 Å². The van der Waals surface area contributed by atoms with Crippen LogP contribution in [-0.4, -0.2) is 50.1 Å². The van der Waals surface area contributed by atoms with Gasteiger partial charge in [-0.1, -0.05) is 27.2 Å². The molecule has 20 heavy (non-hydrogen) atoms. The molecular formula is C15H33IN4. The summed E-state index contributed by atoms with van der Waals surface area (Å²) in [6.45, 7) is 11.1. The molecule has 0 saturated carbocycles. The van der Waals surface area contributed by atoms with Crippen molar-refractivity contribution in [3.05, 3.63) is 0 Å². The first-order valence-electron chi connectivity index (χ1n) is 7.86. The average Bonchev–Trinajstić information content (AvgIpc) is 2.42. The van der Waals surface area contributed by atoms with Crippen LogP contribution in [0.5, 0.6) is 0 Å². The van der Waals surface area contributed by atoms with E-state index in [1.54, 1.807) is 0 Å². The minimum atomic E-state index is 0. The summed E-state index contributed by atoms with van der Waals surface area (Å²) in [6.07, 6.45) is 5.41. The molecular weight excluding hydrogens is 363 g/mol. The van der Waals surface area contributed by atoms with Crippen molar-refractivity contribution >= 4 is 29.9 Å². The number of guanidine groups is 1. The highest BCUT2D eigenvalue weighted by Gasteiger charge is 2.19. The zero-order valence-electron chi connectivity index (χ0n) is 13.6. The normalized spacial score (nSPS) is 20.6. The summed E-state index contributed by atoms with van der Waals surface area (Å²) < 4.78 is 0. The molecule has 0 spiro atoms. The van der Waals surface area contributed by atoms with E-state index in [9.17, 15) is 0 Å². The molecule has 1 heterocycles. The lowest BCUT2D eigenvalue weighted by Crippen LogP contribution is -2.46. The third kappa shape index (κ3) is 7.67. The summed E-state index contributed by atoms with van der Waals surface area (Å²) in [5.41, 5.74) is 0. The number of aliphatic imine (C=N–C) groups is 1. The predicted octanol–water partition coefficient (Wildman–Crippen LogP) is 2.69. The van der Waals surface area contributed by atoms with Crippen molar-refractivity contribution in [2.45, 2.75) is 52.5 Å². The van der Waals surface area contributed by atoms with Crippen LogP contribution in [0.2, 0.25) is 0 Å². The van der Waals surface area contributed by atoms with Gasteiger partial charge in [-0.05, 0) is 31.7 Å². The van der Waals surface area contributed by atoms with Crippen molar-refractivity contribution in [3.63, 3.8) is 0 Å². The zero-order chi connectivity index (χ0) is 14.1. The highest BCUT2D eigenvalue weighted by molar-refractivity contribution is 14.0. The summed E-state index contributed by atoms with van der Waals surface area (Å²) in [6, 6.07) is 0.793. The molecule has 1 atom stereocenters. The van der Waals surface area contributed by atoms with Crippen LogP contribution in [0.4, 0.5) is 0 Å². The molecule has 2 N–H and O–H groups in total. The summed E-state index contributed by atoms with van der Waals surface area (Å²) in [5, 5.41) is 6.77. The van der Waals surface area contributed by atoms with Gasteiger partial charge >= 0.3 is 0 Å². The van der Waals surface area contributed by atoms with E-state index in [1.165, 1.54) is 32.2 Å². The number of rotatable bonds is 6. The monoisotopic (exact) mass is 396 g/mol. The molecule has 0 radical (unpaired) electrons. The minimum Gasteiger partial charge on any atom is -0.356 e. The van der Waals surface area contributed by atoms with Crippen LogP contribution in [0.1, 0.15) is 46.5 Å². The lowest BCUT2D eigenvalue weighted by molar-refractivity contribution is 0.147. The van der Waals surface area contributed by atoms with Gasteiger partial charge < -0.3 is 10.6 Å². The molecule has 1 rings (SSSR count). The quantitative estimate of drug-likeness (QED) is 0.412. The molecule has 5 heteroatoms. The van der Waals surface area contributed by atoms with Crippen LogP contribution >= 0.6 is 24.0 Å². The SMILES string of the molecule is CCC1CCCCN1CCNC(=NC)NCC(C)C.I. The number of nitrogens with one attached hydrogen (secondary N) is 2. The average molecular weight is 396 g/mol. The fourth-order valence-corrected chi connectivity index (χ4v) is 2.66. The Morgan fingerprint density at radius 3 is 2.65 bits per heavy atom. The van der Waals surface area contributed by atoms with Gasteiger partial charge in [0.15, 0.2) is 5.96 Å². The second kappa shape index (κ2) is 11.6. The van der Waals surface area contributed by atoms with E-state index in [-0.39, 0.29) is 24.0 Å². The third-order valence-electron chi connectivity index (χ3n) is 3.81. The van der Waals surface area contributed by atoms with Crippen LogP contribution < -0.4 is 10.6 Å². The Morgan fingerprint density at radius 1 is 1.30 bits per heavy atom. The van der Waals surface area contributed by atoms with E-state index in [2.05, 4.69) is 41.3 Å². The summed E-state index contributed by atoms with van der Waals surface area (Å²) >= 11 is 0. The first-order chi connectivity index (χ1) is 9.17. The maximum absolute atomic E-state index is 4.26. The van der Waals surface area contributed by atoms with Gasteiger partial charge in [-0.3, -0.25) is 9.89 Å². The molecule has 1 fully saturated rings. The van der Waals surface area contributed by atoms with Crippen molar-refractivity contribution < 1.29 is 0 Å². The Morgan fingerprint density at radius 2 is 2.05 bits per heavy atom. The van der Waals surface area contributed by atoms with Gasteiger partial charge in [0.05, 0.1) is 0 Å². The molecule has 0 bridgehead atoms. The van der Waals surface area contributed by atoms with Crippen molar-refractivity contribution in [3.8, 4) is 0 Å². The first kappa shape index (κ1) is 20.0. The molecule has 0 amide bonds. The van der Waals surface area contributed by atoms with Crippen molar-refractivity contribution in [2.75, 3.05) is 33.2 Å². The molecule has 1 aliphatic heterocycles. The van der Waals surface area contributed by atoms with E-state index in [1.807, 2.05) is 7.05 Å². The Hall–Kier alpha value is -0.0400. The first-order valence-corrected chi connectivity index (χ1v) is 7.86. The molecule has 1 unspecified atom stereocenters. The fraction of sp³-hybridized carbons (Fsp3) is 0.933. The maximum atomic E-state index is 4.26. The standard InChI is InChI=1S/C15H32N4.HI/c1-5-14-8-6-7-10-19(14)11-9-17-15(16-4)18-12-13(2)3;/h13-14H,5-12H2,1-4H3,(H2,16,17,18);1H. The zero-order valence-corrected chi connectivity index (χ0v) is 15.9. The molecule has 0 aromatic carbocycles. The Kier molecular flexibility index (Phi) is 11.6. The second-order valence-electron chi connectivity index (χ2n) is 5.87. The van der Waals surface area contributed by atoms with Crippen LogP contribution in [-0.2, 0) is 0 Å². The van der Waals surface area contributed by atoms with Crippen molar-refractivity contribution in [1.29, 1.82) is 0 Å². The van der Waals surface area contributed by atoms with E-state index in [0.717, 1.165) is 31.6 Å². The van der Waals surface area contributed by atoms with E-state index in [4.69, 9.17) is 0 Å². The van der Waals surface area contributed by atoms with Gasteiger partial charge in [0.25, 0.3) is 0 Å². The summed E-state index contributed by atoms with van der Waals surface area (Å²) in [7, 11) is 1.84. The predicted molar refractivity (Wildman–Crippen MR) is 99.1 cm³/mol. The van der Waals surface area contributed by atoms with Gasteiger partial charge in [-0.25, -0.2) is 0 Å². The van der Waals surface area contributed by atoms with Crippen LogP contribution in [0, 0.1) is 5.92 Å². The molecule has 120 valence electrons. The largest absolute Gasteiger partial charge is 0.356 e. The van der Waals surface area contributed by atoms with E-state index < -0.39 is 0 Å². The number of nitrogens with zero attached hydrogens (tertiary/aromatic N) is 2. The van der Waals surface area contributed by atoms with Crippen molar-refractivity contribution in [1.82, 2.24) is 15.5 Å². The highest BCUT2D eigenvalue weighted by atomic mass is 127. The second-order valence-corrected chi connectivity index (χ2v) is 5.87. The molecule has 0 aliphatic carbocycles. The van der Waals surface area contributed by atoms with Crippen molar-refractivity contribution in [2.24, 2.45) is 10.9 Å². The number of piperidine rings is 1. The number of likely N-dealkylation sites (tertiary alicyclic amines) is 1. The van der Waals surface area contributed by atoms with Gasteiger partial charge in [-0.15, -0.1) is 24.0 Å². The van der Waals surface area contributed by atoms with Crippen LogP contribution in [0.15, 0.2) is 4.99 Å². The molecule has 0 aromatic rings. The summed E-state index contributed by atoms with van der Waals surface area (Å²) in [4.78, 5) is 6.89. The Balaban J connectivity index is 0.00000361. The molecule has 4 nitrogen and oxygen atoms in total. The van der Waals surface area contributed by atoms with E-state index in [0.29, 0.717) is 5.92 Å². The highest BCUT2D eigenvalue weighted by Crippen LogP contribution is 2.18. The van der Waals surface area contributed by atoms with Crippen LogP contribution in [0.25, 0.3) is 0 Å². The third-order valence-corrected chi connectivity index (χ3v) is 3.81. The summed E-state index contributed by atoms with van der Waals surface area (Å²) in [5.74, 6) is 1.57. The Labute approximate surface area is 142 Å². The minimum absolute atomic E-state index is 0. The number of halogens is 1. The van der Waals surface area contributed by atoms with Gasteiger partial charge in [-0.2, -0.15) is 0 Å². The van der Waals surface area contributed by atoms with Gasteiger partial charge in [0.2, 0.25) is 0 Å². The lowest BCUT2D eigenvalue weighted by atomic mass is 10.0. The smallest absolute Gasteiger partial charge is 0.191 e. The van der Waals surface area contributed by atoms with Gasteiger partial charge in [0.1, 0.15) is 0 Å². The molecule has 0 aromatic heterocycles. The number of hydrogen-bond donors (Lipinski definition) is 2. The number of hydrogen-bond acceptors (Lipinski definition) is 2. The molecule has 1 saturated heterocycles. The Bertz CT molecular complexity index is 269. The van der Waals surface area contributed by atoms with E-state index >= 15 is 0 Å². The maximum Gasteiger partial charge on any atom is 0.191 e. The van der Waals surface area contributed by atoms with Crippen LogP contribution in [0.3, 0.4) is 0 Å². The fourth-order valence-electron chi connectivity index (χ4n) is 2.66. The molecule has 1 aliphatic rings. The lowest BCUT2D eigenvalue weighted by Gasteiger charge is -2.35.